The second kappa shape index (κ2) is 8.71. The quantitative estimate of drug-likeness (QED) is 0.570. The molecule has 1 amide bonds. The number of hydrogen-bond acceptors (Lipinski definition) is 3. The molecule has 0 unspecified atom stereocenters. The van der Waals surface area contributed by atoms with E-state index in [1.54, 1.807) is 0 Å². The van der Waals surface area contributed by atoms with Crippen molar-refractivity contribution in [2.24, 2.45) is 0 Å². The minimum atomic E-state index is -0.142. The van der Waals surface area contributed by atoms with Gasteiger partial charge in [0, 0.05) is 11.9 Å². The molecule has 3 aromatic rings. The molecule has 0 aliphatic rings. The molecule has 0 saturated heterocycles. The van der Waals surface area contributed by atoms with Gasteiger partial charge in [0.15, 0.2) is 0 Å². The van der Waals surface area contributed by atoms with Crippen LogP contribution >= 0.6 is 0 Å². The molecular formula is C22H27N3O2. The Hall–Kier alpha value is -2.82. The highest BCUT2D eigenvalue weighted by Crippen LogP contribution is 2.21. The molecule has 1 aromatic carbocycles. The Morgan fingerprint density at radius 3 is 2.63 bits per heavy atom. The number of rotatable bonds is 8. The van der Waals surface area contributed by atoms with Gasteiger partial charge in [-0.25, -0.2) is 4.98 Å². The topological polar surface area (TPSA) is 55.6 Å². The highest BCUT2D eigenvalue weighted by atomic mass is 16.5. The van der Waals surface area contributed by atoms with Crippen LogP contribution in [0.15, 0.2) is 42.6 Å². The van der Waals surface area contributed by atoms with Crippen molar-refractivity contribution in [3.63, 3.8) is 0 Å². The van der Waals surface area contributed by atoms with Crippen LogP contribution in [0.3, 0.4) is 0 Å². The molecule has 5 nitrogen and oxygen atoms in total. The number of nitrogens with zero attached hydrogens (tertiary/aromatic N) is 2. The van der Waals surface area contributed by atoms with Gasteiger partial charge in [0.25, 0.3) is 5.91 Å². The first kappa shape index (κ1) is 19.0. The molecular weight excluding hydrogens is 338 g/mol. The van der Waals surface area contributed by atoms with Crippen molar-refractivity contribution in [2.45, 2.75) is 46.5 Å². The molecule has 0 radical (unpaired) electrons. The summed E-state index contributed by atoms with van der Waals surface area (Å²) in [6.45, 7) is 6.95. The van der Waals surface area contributed by atoms with Crippen LogP contribution in [0.2, 0.25) is 0 Å². The number of aromatic nitrogens is 2. The molecule has 27 heavy (non-hydrogen) atoms. The smallest absolute Gasteiger partial charge is 0.274 e. The average Bonchev–Trinajstić information content (AvgIpc) is 3.03. The van der Waals surface area contributed by atoms with Gasteiger partial charge in [-0.15, -0.1) is 0 Å². The highest BCUT2D eigenvalue weighted by Gasteiger charge is 2.19. The largest absolute Gasteiger partial charge is 0.494 e. The van der Waals surface area contributed by atoms with Crippen LogP contribution < -0.4 is 10.1 Å². The van der Waals surface area contributed by atoms with Crippen molar-refractivity contribution < 1.29 is 9.53 Å². The number of aryl methyl sites for hydroxylation is 2. The number of carbonyl (C=O) groups is 1. The second-order valence-electron chi connectivity index (χ2n) is 6.72. The van der Waals surface area contributed by atoms with E-state index in [9.17, 15) is 4.79 Å². The zero-order valence-corrected chi connectivity index (χ0v) is 16.3. The lowest BCUT2D eigenvalue weighted by Gasteiger charge is -2.09. The molecule has 142 valence electrons. The van der Waals surface area contributed by atoms with E-state index in [4.69, 9.17) is 9.72 Å². The molecule has 0 spiro atoms. The average molecular weight is 365 g/mol. The summed E-state index contributed by atoms with van der Waals surface area (Å²) in [4.78, 5) is 17.7. The minimum absolute atomic E-state index is 0.142. The van der Waals surface area contributed by atoms with Crippen molar-refractivity contribution in [3.8, 4) is 5.75 Å². The monoisotopic (exact) mass is 365 g/mol. The highest BCUT2D eigenvalue weighted by molar-refractivity contribution is 6.04. The molecule has 0 fully saturated rings. The van der Waals surface area contributed by atoms with Gasteiger partial charge in [0.1, 0.15) is 17.1 Å². The number of benzene rings is 1. The van der Waals surface area contributed by atoms with Crippen LogP contribution in [0.1, 0.15) is 54.9 Å². The normalized spacial score (nSPS) is 10.9. The molecule has 0 atom stereocenters. The molecule has 0 aliphatic carbocycles. The van der Waals surface area contributed by atoms with Crippen LogP contribution in [-0.4, -0.2) is 21.9 Å². The first-order valence-corrected chi connectivity index (χ1v) is 9.64. The van der Waals surface area contributed by atoms with Gasteiger partial charge in [-0.05, 0) is 55.7 Å². The van der Waals surface area contributed by atoms with Crippen LogP contribution in [0, 0.1) is 6.92 Å². The minimum Gasteiger partial charge on any atom is -0.494 e. The number of imidazole rings is 1. The molecule has 3 rings (SSSR count). The molecule has 5 heteroatoms. The summed E-state index contributed by atoms with van der Waals surface area (Å²) in [6, 6.07) is 11.5. The number of carbonyl (C=O) groups excluding carboxylic acids is 1. The van der Waals surface area contributed by atoms with Gasteiger partial charge in [-0.3, -0.25) is 9.20 Å². The summed E-state index contributed by atoms with van der Waals surface area (Å²) in [6.07, 6.45) is 5.74. The Bertz CT molecular complexity index is 913. The van der Waals surface area contributed by atoms with E-state index in [-0.39, 0.29) is 5.91 Å². The van der Waals surface area contributed by atoms with E-state index in [1.165, 1.54) is 0 Å². The van der Waals surface area contributed by atoms with E-state index < -0.39 is 0 Å². The van der Waals surface area contributed by atoms with Crippen LogP contribution in [0.4, 0.5) is 5.69 Å². The predicted octanol–water partition coefficient (Wildman–Crippen LogP) is 5.03. The summed E-state index contributed by atoms with van der Waals surface area (Å²) < 4.78 is 7.56. The fourth-order valence-corrected chi connectivity index (χ4v) is 3.06. The first-order chi connectivity index (χ1) is 13.1. The number of fused-ring (bicyclic) bond motifs is 1. The first-order valence-electron chi connectivity index (χ1n) is 9.64. The lowest BCUT2D eigenvalue weighted by atomic mass is 10.2. The van der Waals surface area contributed by atoms with Crippen molar-refractivity contribution in [2.75, 3.05) is 11.9 Å². The maximum absolute atomic E-state index is 13.0. The van der Waals surface area contributed by atoms with Crippen molar-refractivity contribution >= 4 is 17.2 Å². The summed E-state index contributed by atoms with van der Waals surface area (Å²) in [7, 11) is 0. The third kappa shape index (κ3) is 4.30. The second-order valence-corrected chi connectivity index (χ2v) is 6.72. The number of ether oxygens (including phenoxy) is 1. The molecule has 2 aromatic heterocycles. The van der Waals surface area contributed by atoms with E-state index in [1.807, 2.05) is 53.9 Å². The van der Waals surface area contributed by atoms with Gasteiger partial charge in [0.2, 0.25) is 0 Å². The standard InChI is InChI=1S/C22H27N3O2/c1-4-6-15-27-18-12-10-17(11-13-18)23-22(26)20-19(8-5-2)24-21-16(3)9-7-14-25(20)21/h7,9-14H,4-6,8,15H2,1-3H3,(H,23,26). The summed E-state index contributed by atoms with van der Waals surface area (Å²) >= 11 is 0. The number of hydrogen-bond donors (Lipinski definition) is 1. The van der Waals surface area contributed by atoms with Crippen molar-refractivity contribution in [1.29, 1.82) is 0 Å². The Morgan fingerprint density at radius 2 is 1.93 bits per heavy atom. The molecule has 0 bridgehead atoms. The molecule has 2 heterocycles. The van der Waals surface area contributed by atoms with Crippen LogP contribution in [0.5, 0.6) is 5.75 Å². The fourth-order valence-electron chi connectivity index (χ4n) is 3.06. The Kier molecular flexibility index (Phi) is 6.12. The number of amides is 1. The van der Waals surface area contributed by atoms with E-state index >= 15 is 0 Å². The Morgan fingerprint density at radius 1 is 1.15 bits per heavy atom. The number of unbranched alkanes of at least 4 members (excludes halogenated alkanes) is 1. The molecule has 0 saturated carbocycles. The Balaban J connectivity index is 1.81. The van der Waals surface area contributed by atoms with Crippen molar-refractivity contribution in [1.82, 2.24) is 9.38 Å². The maximum Gasteiger partial charge on any atom is 0.274 e. The van der Waals surface area contributed by atoms with Gasteiger partial charge in [-0.1, -0.05) is 32.8 Å². The fraction of sp³-hybridized carbons (Fsp3) is 0.364. The molecule has 1 N–H and O–H groups in total. The number of anilines is 1. The van der Waals surface area contributed by atoms with Gasteiger partial charge >= 0.3 is 0 Å². The lowest BCUT2D eigenvalue weighted by molar-refractivity contribution is 0.102. The lowest BCUT2D eigenvalue weighted by Crippen LogP contribution is -2.16. The zero-order valence-electron chi connectivity index (χ0n) is 16.3. The van der Waals surface area contributed by atoms with Crippen LogP contribution in [-0.2, 0) is 6.42 Å². The van der Waals surface area contributed by atoms with Gasteiger partial charge in [-0.2, -0.15) is 0 Å². The summed E-state index contributed by atoms with van der Waals surface area (Å²) in [5.74, 6) is 0.676. The van der Waals surface area contributed by atoms with Crippen LogP contribution in [0.25, 0.3) is 5.65 Å². The van der Waals surface area contributed by atoms with Crippen molar-refractivity contribution in [3.05, 3.63) is 59.5 Å². The third-order valence-corrected chi connectivity index (χ3v) is 4.50. The SMILES string of the molecule is CCCCOc1ccc(NC(=O)c2c(CCC)nc3c(C)cccn23)cc1. The van der Waals surface area contributed by atoms with E-state index in [0.29, 0.717) is 12.3 Å². The summed E-state index contributed by atoms with van der Waals surface area (Å²) in [5, 5.41) is 2.99. The van der Waals surface area contributed by atoms with E-state index in [0.717, 1.165) is 54.0 Å². The number of pyridine rings is 1. The predicted molar refractivity (Wildman–Crippen MR) is 109 cm³/mol. The Labute approximate surface area is 160 Å². The van der Waals surface area contributed by atoms with Gasteiger partial charge in [0.05, 0.1) is 12.3 Å². The third-order valence-electron chi connectivity index (χ3n) is 4.50. The van der Waals surface area contributed by atoms with Gasteiger partial charge < -0.3 is 10.1 Å². The zero-order chi connectivity index (χ0) is 19.2. The number of nitrogens with one attached hydrogen (secondary N) is 1. The summed E-state index contributed by atoms with van der Waals surface area (Å²) in [5.41, 5.74) is 4.09. The molecule has 0 aliphatic heterocycles. The maximum atomic E-state index is 13.0. The van der Waals surface area contributed by atoms with E-state index in [2.05, 4.69) is 19.2 Å².